The highest BCUT2D eigenvalue weighted by Gasteiger charge is 2.21. The van der Waals surface area contributed by atoms with Crippen LogP contribution in [0.25, 0.3) is 0 Å². The predicted octanol–water partition coefficient (Wildman–Crippen LogP) is 14.8. The first-order valence-electron chi connectivity index (χ1n) is 25.0. The van der Waals surface area contributed by atoms with Gasteiger partial charge in [0.15, 0.2) is 0 Å². The van der Waals surface area contributed by atoms with Crippen LogP contribution < -0.4 is 5.32 Å². The van der Waals surface area contributed by atoms with Gasteiger partial charge in [-0.1, -0.05) is 244 Å². The number of carbonyl (C=O) groups excluding carboxylic acids is 1. The van der Waals surface area contributed by atoms with Crippen LogP contribution >= 0.6 is 0 Å². The molecular formula is C50H99NO4. The van der Waals surface area contributed by atoms with Crippen LogP contribution in [0.15, 0.2) is 12.2 Å². The third-order valence-electron chi connectivity index (χ3n) is 11.8. The van der Waals surface area contributed by atoms with E-state index in [0.717, 1.165) is 32.1 Å². The average Bonchev–Trinajstić information content (AvgIpc) is 3.18. The van der Waals surface area contributed by atoms with Gasteiger partial charge in [0.1, 0.15) is 0 Å². The van der Waals surface area contributed by atoms with Gasteiger partial charge >= 0.3 is 0 Å². The number of aliphatic hydroxyl groups is 3. The van der Waals surface area contributed by atoms with Crippen molar-refractivity contribution in [2.45, 2.75) is 295 Å². The maximum Gasteiger partial charge on any atom is 0.222 e. The number of allylic oxidation sites excluding steroid dienone is 2. The number of aliphatic hydroxyl groups excluding tert-OH is 3. The van der Waals surface area contributed by atoms with Crippen molar-refractivity contribution in [3.8, 4) is 0 Å². The summed E-state index contributed by atoms with van der Waals surface area (Å²) in [6.45, 7) is 4.29. The lowest BCUT2D eigenvalue weighted by Crippen LogP contribution is -2.46. The second-order valence-corrected chi connectivity index (χ2v) is 17.4. The maximum atomic E-state index is 12.5. The van der Waals surface area contributed by atoms with Gasteiger partial charge in [-0.05, 0) is 38.5 Å². The molecule has 5 nitrogen and oxygen atoms in total. The Hall–Kier alpha value is -0.910. The molecule has 4 N–H and O–H groups in total. The summed E-state index contributed by atoms with van der Waals surface area (Å²) in [5.41, 5.74) is 0. The molecule has 328 valence electrons. The molecule has 0 aromatic rings. The number of hydrogen-bond acceptors (Lipinski definition) is 4. The molecule has 0 fully saturated rings. The Morgan fingerprint density at radius 3 is 1.05 bits per heavy atom. The number of unbranched alkanes of at least 4 members (excludes halogenated alkanes) is 35. The van der Waals surface area contributed by atoms with E-state index in [-0.39, 0.29) is 18.9 Å². The predicted molar refractivity (Wildman–Crippen MR) is 241 cm³/mol. The van der Waals surface area contributed by atoms with Crippen molar-refractivity contribution in [3.63, 3.8) is 0 Å². The molecular weight excluding hydrogens is 679 g/mol. The highest BCUT2D eigenvalue weighted by Crippen LogP contribution is 2.17. The van der Waals surface area contributed by atoms with Gasteiger partial charge in [-0.2, -0.15) is 0 Å². The Kier molecular flexibility index (Phi) is 45.0. The number of nitrogens with one attached hydrogen (secondary N) is 1. The van der Waals surface area contributed by atoms with Crippen molar-refractivity contribution >= 4 is 5.91 Å². The van der Waals surface area contributed by atoms with Crippen LogP contribution in [0.3, 0.4) is 0 Å². The molecule has 5 heteroatoms. The Morgan fingerprint density at radius 2 is 0.727 bits per heavy atom. The molecule has 55 heavy (non-hydrogen) atoms. The summed E-state index contributed by atoms with van der Waals surface area (Å²) < 4.78 is 0. The van der Waals surface area contributed by atoms with Crippen LogP contribution in [-0.2, 0) is 4.79 Å². The summed E-state index contributed by atoms with van der Waals surface area (Å²) in [7, 11) is 0. The fraction of sp³-hybridized carbons (Fsp3) is 0.940. The standard InChI is InChI=1S/C50H99NO4/c1-3-5-7-9-11-13-15-17-19-21-23-25-27-29-31-33-35-37-39-41-43-47(53)45-50(55)51-48(46-52)49(54)44-42-40-38-36-34-32-30-28-26-24-22-20-18-16-14-12-10-8-6-4-2/h27,29,47-49,52-54H,3-26,28,30-46H2,1-2H3,(H,51,55)/b29-27-. The van der Waals surface area contributed by atoms with E-state index in [0.29, 0.717) is 12.8 Å². The topological polar surface area (TPSA) is 89.8 Å². The fourth-order valence-corrected chi connectivity index (χ4v) is 7.99. The van der Waals surface area contributed by atoms with E-state index >= 15 is 0 Å². The Bertz CT molecular complexity index is 773. The first kappa shape index (κ1) is 54.1. The lowest BCUT2D eigenvalue weighted by atomic mass is 10.0. The second kappa shape index (κ2) is 45.8. The average molecular weight is 778 g/mol. The zero-order valence-corrected chi connectivity index (χ0v) is 37.3. The third kappa shape index (κ3) is 42.5. The van der Waals surface area contributed by atoms with Gasteiger partial charge in [0, 0.05) is 0 Å². The maximum absolute atomic E-state index is 12.5. The summed E-state index contributed by atoms with van der Waals surface area (Å²) in [5, 5.41) is 33.5. The first-order valence-corrected chi connectivity index (χ1v) is 25.0. The summed E-state index contributed by atoms with van der Waals surface area (Å²) in [6.07, 6.45) is 54.8. The van der Waals surface area contributed by atoms with Crippen molar-refractivity contribution in [2.75, 3.05) is 6.61 Å². The van der Waals surface area contributed by atoms with Crippen LogP contribution in [0.4, 0.5) is 0 Å². The molecule has 3 atom stereocenters. The molecule has 0 rings (SSSR count). The van der Waals surface area contributed by atoms with Gasteiger partial charge in [-0.15, -0.1) is 0 Å². The fourth-order valence-electron chi connectivity index (χ4n) is 7.99. The zero-order valence-electron chi connectivity index (χ0n) is 37.3. The van der Waals surface area contributed by atoms with Crippen LogP contribution in [0, 0.1) is 0 Å². The molecule has 0 spiro atoms. The Balaban J connectivity index is 3.57. The normalized spacial score (nSPS) is 13.5. The molecule has 0 bridgehead atoms. The van der Waals surface area contributed by atoms with Gasteiger partial charge < -0.3 is 20.6 Å². The molecule has 0 aromatic heterocycles. The van der Waals surface area contributed by atoms with Crippen LogP contribution in [0.1, 0.15) is 277 Å². The Morgan fingerprint density at radius 1 is 0.436 bits per heavy atom. The van der Waals surface area contributed by atoms with E-state index in [1.165, 1.54) is 212 Å². The van der Waals surface area contributed by atoms with Crippen molar-refractivity contribution in [1.29, 1.82) is 0 Å². The van der Waals surface area contributed by atoms with E-state index < -0.39 is 18.2 Å². The smallest absolute Gasteiger partial charge is 0.222 e. The van der Waals surface area contributed by atoms with Gasteiger partial charge in [-0.25, -0.2) is 0 Å². The molecule has 0 saturated heterocycles. The van der Waals surface area contributed by atoms with Crippen LogP contribution in [-0.4, -0.2) is 46.1 Å². The van der Waals surface area contributed by atoms with E-state index in [2.05, 4.69) is 31.3 Å². The molecule has 1 amide bonds. The zero-order chi connectivity index (χ0) is 40.1. The van der Waals surface area contributed by atoms with E-state index in [1.807, 2.05) is 0 Å². The molecule has 0 aromatic carbocycles. The third-order valence-corrected chi connectivity index (χ3v) is 11.8. The minimum absolute atomic E-state index is 0.0342. The largest absolute Gasteiger partial charge is 0.394 e. The summed E-state index contributed by atoms with van der Waals surface area (Å²) in [6, 6.07) is -0.659. The lowest BCUT2D eigenvalue weighted by molar-refractivity contribution is -0.125. The number of rotatable bonds is 46. The minimum atomic E-state index is -0.749. The molecule has 0 saturated carbocycles. The monoisotopic (exact) mass is 778 g/mol. The molecule has 0 aliphatic heterocycles. The van der Waals surface area contributed by atoms with Crippen LogP contribution in [0.5, 0.6) is 0 Å². The Labute approximate surface area is 344 Å². The molecule has 0 heterocycles. The van der Waals surface area contributed by atoms with E-state index in [4.69, 9.17) is 0 Å². The molecule has 3 unspecified atom stereocenters. The molecule has 0 radical (unpaired) electrons. The van der Waals surface area contributed by atoms with Crippen molar-refractivity contribution < 1.29 is 20.1 Å². The minimum Gasteiger partial charge on any atom is -0.394 e. The first-order chi connectivity index (χ1) is 27.0. The molecule has 0 aliphatic carbocycles. The second-order valence-electron chi connectivity index (χ2n) is 17.4. The SMILES string of the molecule is CCCCCCCCCCCCC/C=C\CCCCCCCC(O)CC(=O)NC(CO)C(O)CCCCCCCCCCCCCCCCCCCCCC. The number of hydrogen-bond donors (Lipinski definition) is 4. The van der Waals surface area contributed by atoms with E-state index in [1.54, 1.807) is 0 Å². The van der Waals surface area contributed by atoms with Gasteiger partial charge in [0.05, 0.1) is 31.3 Å². The van der Waals surface area contributed by atoms with Crippen molar-refractivity contribution in [1.82, 2.24) is 5.32 Å². The highest BCUT2D eigenvalue weighted by atomic mass is 16.3. The van der Waals surface area contributed by atoms with Crippen molar-refractivity contribution in [2.24, 2.45) is 0 Å². The summed E-state index contributed by atoms with van der Waals surface area (Å²) in [4.78, 5) is 12.5. The summed E-state index contributed by atoms with van der Waals surface area (Å²) in [5.74, 6) is -0.283. The quantitative estimate of drug-likeness (QED) is 0.0366. The lowest BCUT2D eigenvalue weighted by Gasteiger charge is -2.23. The number of amides is 1. The highest BCUT2D eigenvalue weighted by molar-refractivity contribution is 5.76. The van der Waals surface area contributed by atoms with Gasteiger partial charge in [0.25, 0.3) is 0 Å². The van der Waals surface area contributed by atoms with E-state index in [9.17, 15) is 20.1 Å². The molecule has 0 aliphatic rings. The van der Waals surface area contributed by atoms with Crippen LogP contribution in [0.2, 0.25) is 0 Å². The van der Waals surface area contributed by atoms with Gasteiger partial charge in [-0.3, -0.25) is 4.79 Å². The van der Waals surface area contributed by atoms with Gasteiger partial charge in [0.2, 0.25) is 5.91 Å². The summed E-state index contributed by atoms with van der Waals surface area (Å²) >= 11 is 0. The van der Waals surface area contributed by atoms with Crippen molar-refractivity contribution in [3.05, 3.63) is 12.2 Å². The number of carbonyl (C=O) groups is 1.